The van der Waals surface area contributed by atoms with Gasteiger partial charge in [0, 0.05) is 11.4 Å². The Balaban J connectivity index is 1.41. The number of rotatable bonds is 11. The zero-order valence-electron chi connectivity index (χ0n) is 21.0. The van der Waals surface area contributed by atoms with E-state index in [1.807, 2.05) is 6.26 Å². The quantitative estimate of drug-likeness (QED) is 0.232. The third-order valence-corrected chi connectivity index (χ3v) is 8.29. The zero-order valence-corrected chi connectivity index (χ0v) is 22.6. The number of hydrogen-bond donors (Lipinski definition) is 1. The van der Waals surface area contributed by atoms with Crippen molar-refractivity contribution < 1.29 is 26.7 Å². The van der Waals surface area contributed by atoms with Crippen LogP contribution in [-0.4, -0.2) is 27.1 Å². The first-order valence-electron chi connectivity index (χ1n) is 11.9. The molecule has 10 heteroatoms. The van der Waals surface area contributed by atoms with E-state index in [9.17, 15) is 22.0 Å². The molecule has 1 amide bonds. The molecule has 0 saturated heterocycles. The number of hydrogen-bond acceptors (Lipinski definition) is 5. The van der Waals surface area contributed by atoms with Crippen LogP contribution in [-0.2, 0) is 28.0 Å². The van der Waals surface area contributed by atoms with E-state index < -0.39 is 28.3 Å². The molecule has 202 valence electrons. The number of carbonyl (C=O) groups is 1. The fraction of sp³-hybridized carbons (Fsp3) is 0.138. The molecule has 0 spiro atoms. The number of carbonyl (C=O) groups excluding carboxylic acids is 1. The molecule has 0 heterocycles. The predicted octanol–water partition coefficient (Wildman–Crippen LogP) is 5.78. The van der Waals surface area contributed by atoms with Gasteiger partial charge >= 0.3 is 0 Å². The molecule has 0 radical (unpaired) electrons. The Morgan fingerprint density at radius 1 is 0.872 bits per heavy atom. The van der Waals surface area contributed by atoms with Gasteiger partial charge in [-0.25, -0.2) is 17.2 Å². The molecule has 0 aliphatic carbocycles. The Morgan fingerprint density at radius 3 is 2.18 bits per heavy atom. The number of halogens is 2. The van der Waals surface area contributed by atoms with E-state index >= 15 is 0 Å². The minimum absolute atomic E-state index is 0.00594. The zero-order chi connectivity index (χ0) is 27.8. The monoisotopic (exact) mass is 568 g/mol. The van der Waals surface area contributed by atoms with Crippen LogP contribution >= 0.6 is 11.8 Å². The number of nitrogens with zero attached hydrogens (tertiary/aromatic N) is 1. The van der Waals surface area contributed by atoms with E-state index in [1.54, 1.807) is 48.5 Å². The molecule has 0 aliphatic heterocycles. The van der Waals surface area contributed by atoms with Gasteiger partial charge in [0.1, 0.15) is 30.5 Å². The Kier molecular flexibility index (Phi) is 9.21. The van der Waals surface area contributed by atoms with Crippen molar-refractivity contribution >= 4 is 33.4 Å². The van der Waals surface area contributed by atoms with Gasteiger partial charge in [-0.15, -0.1) is 11.8 Å². The van der Waals surface area contributed by atoms with E-state index in [0.29, 0.717) is 5.75 Å². The van der Waals surface area contributed by atoms with E-state index in [2.05, 4.69) is 5.32 Å². The normalized spacial score (nSPS) is 11.2. The maximum atomic E-state index is 14.0. The fourth-order valence-electron chi connectivity index (χ4n) is 3.66. The predicted molar refractivity (Wildman–Crippen MR) is 148 cm³/mol. The summed E-state index contributed by atoms with van der Waals surface area (Å²) in [6, 6.07) is 24.4. The number of nitrogens with one attached hydrogen (secondary N) is 1. The van der Waals surface area contributed by atoms with Crippen LogP contribution in [0.4, 0.5) is 14.5 Å². The van der Waals surface area contributed by atoms with Gasteiger partial charge < -0.3 is 10.1 Å². The molecule has 0 aromatic heterocycles. The summed E-state index contributed by atoms with van der Waals surface area (Å²) in [7, 11) is -4.15. The molecular formula is C29H26F2N2O4S2. The Hall–Kier alpha value is -3.89. The molecule has 0 unspecified atom stereocenters. The number of benzene rings is 4. The summed E-state index contributed by atoms with van der Waals surface area (Å²) in [6.07, 6.45) is 1.88. The molecule has 4 rings (SSSR count). The third-order valence-electron chi connectivity index (χ3n) is 5.76. The van der Waals surface area contributed by atoms with Crippen molar-refractivity contribution in [2.24, 2.45) is 0 Å². The summed E-state index contributed by atoms with van der Waals surface area (Å²) in [6.45, 7) is -0.105. The van der Waals surface area contributed by atoms with Gasteiger partial charge in [0.2, 0.25) is 5.91 Å². The topological polar surface area (TPSA) is 75.7 Å². The SMILES string of the molecule is CSc1ccc(S(=O)(=O)N(CC(=O)NCc2ccc(OCc3ccc(F)cc3)cc2)c2cccc(F)c2)cc1. The minimum atomic E-state index is -4.15. The highest BCUT2D eigenvalue weighted by Crippen LogP contribution is 2.26. The van der Waals surface area contributed by atoms with Gasteiger partial charge in [0.05, 0.1) is 10.6 Å². The van der Waals surface area contributed by atoms with Crippen molar-refractivity contribution in [3.05, 3.63) is 120 Å². The van der Waals surface area contributed by atoms with Crippen molar-refractivity contribution in [2.45, 2.75) is 22.9 Å². The largest absolute Gasteiger partial charge is 0.489 e. The lowest BCUT2D eigenvalue weighted by Crippen LogP contribution is -2.40. The van der Waals surface area contributed by atoms with E-state index in [4.69, 9.17) is 4.74 Å². The highest BCUT2D eigenvalue weighted by Gasteiger charge is 2.27. The number of sulfonamides is 1. The van der Waals surface area contributed by atoms with Gasteiger partial charge in [-0.2, -0.15) is 0 Å². The van der Waals surface area contributed by atoms with Gasteiger partial charge in [-0.05, 0) is 84.1 Å². The van der Waals surface area contributed by atoms with Crippen LogP contribution in [0.25, 0.3) is 0 Å². The lowest BCUT2D eigenvalue weighted by molar-refractivity contribution is -0.119. The van der Waals surface area contributed by atoms with Crippen LogP contribution in [0.5, 0.6) is 5.75 Å². The molecule has 0 bridgehead atoms. The average molecular weight is 569 g/mol. The molecular weight excluding hydrogens is 542 g/mol. The first kappa shape index (κ1) is 28.1. The summed E-state index contributed by atoms with van der Waals surface area (Å²) >= 11 is 1.47. The van der Waals surface area contributed by atoms with Crippen LogP contribution in [0.1, 0.15) is 11.1 Å². The second kappa shape index (κ2) is 12.8. The maximum absolute atomic E-state index is 14.0. The minimum Gasteiger partial charge on any atom is -0.489 e. The number of anilines is 1. The summed E-state index contributed by atoms with van der Waals surface area (Å²) in [5.41, 5.74) is 1.64. The van der Waals surface area contributed by atoms with Crippen LogP contribution in [0.3, 0.4) is 0 Å². The van der Waals surface area contributed by atoms with Crippen molar-refractivity contribution in [1.29, 1.82) is 0 Å². The molecule has 4 aromatic carbocycles. The smallest absolute Gasteiger partial charge is 0.264 e. The molecule has 0 aliphatic rings. The van der Waals surface area contributed by atoms with E-state index in [-0.39, 0.29) is 29.6 Å². The summed E-state index contributed by atoms with van der Waals surface area (Å²) in [4.78, 5) is 13.7. The average Bonchev–Trinajstić information content (AvgIpc) is 2.95. The van der Waals surface area contributed by atoms with E-state index in [1.165, 1.54) is 54.2 Å². The number of ether oxygens (including phenoxy) is 1. The molecule has 0 atom stereocenters. The van der Waals surface area contributed by atoms with Gasteiger partial charge in [-0.3, -0.25) is 9.10 Å². The maximum Gasteiger partial charge on any atom is 0.264 e. The first-order chi connectivity index (χ1) is 18.7. The van der Waals surface area contributed by atoms with Gasteiger partial charge in [-0.1, -0.05) is 30.3 Å². The summed E-state index contributed by atoms with van der Waals surface area (Å²) < 4.78 is 60.5. The summed E-state index contributed by atoms with van der Waals surface area (Å²) in [5, 5.41) is 2.72. The standard InChI is InChI=1S/C29H26F2N2O4S2/c1-38-27-13-15-28(16-14-27)39(35,36)33(25-4-2-3-24(31)17-25)19-29(34)32-18-21-7-11-26(12-8-21)37-20-22-5-9-23(30)10-6-22/h2-17H,18-20H2,1H3,(H,32,34). The van der Waals surface area contributed by atoms with E-state index in [0.717, 1.165) is 26.4 Å². The van der Waals surface area contributed by atoms with Gasteiger partial charge in [0.15, 0.2) is 0 Å². The van der Waals surface area contributed by atoms with Crippen LogP contribution < -0.4 is 14.4 Å². The molecule has 4 aromatic rings. The summed E-state index contributed by atoms with van der Waals surface area (Å²) in [5.74, 6) is -0.885. The van der Waals surface area contributed by atoms with Crippen molar-refractivity contribution in [3.8, 4) is 5.75 Å². The Labute approximate surface area is 230 Å². The lowest BCUT2D eigenvalue weighted by Gasteiger charge is -2.24. The van der Waals surface area contributed by atoms with Gasteiger partial charge in [0.25, 0.3) is 10.0 Å². The lowest BCUT2D eigenvalue weighted by atomic mass is 10.2. The third kappa shape index (κ3) is 7.58. The molecule has 39 heavy (non-hydrogen) atoms. The van der Waals surface area contributed by atoms with Crippen LogP contribution in [0.15, 0.2) is 107 Å². The highest BCUT2D eigenvalue weighted by molar-refractivity contribution is 7.98. The van der Waals surface area contributed by atoms with Crippen LogP contribution in [0, 0.1) is 11.6 Å². The first-order valence-corrected chi connectivity index (χ1v) is 14.6. The van der Waals surface area contributed by atoms with Crippen molar-refractivity contribution in [2.75, 3.05) is 17.1 Å². The second-order valence-electron chi connectivity index (χ2n) is 8.50. The fourth-order valence-corrected chi connectivity index (χ4v) is 5.48. The number of amides is 1. The van der Waals surface area contributed by atoms with Crippen LogP contribution in [0.2, 0.25) is 0 Å². The molecule has 0 fully saturated rings. The van der Waals surface area contributed by atoms with Crippen molar-refractivity contribution in [1.82, 2.24) is 5.32 Å². The molecule has 0 saturated carbocycles. The Bertz CT molecular complexity index is 1510. The molecule has 6 nitrogen and oxygen atoms in total. The second-order valence-corrected chi connectivity index (χ2v) is 11.2. The van der Waals surface area contributed by atoms with Crippen molar-refractivity contribution in [3.63, 3.8) is 0 Å². The Morgan fingerprint density at radius 2 is 1.54 bits per heavy atom. The number of thioether (sulfide) groups is 1. The highest BCUT2D eigenvalue weighted by atomic mass is 32.2. The molecule has 1 N–H and O–H groups in total.